The van der Waals surface area contributed by atoms with Crippen molar-refractivity contribution in [3.8, 4) is 0 Å². The van der Waals surface area contributed by atoms with Gasteiger partial charge in [0.25, 0.3) is 0 Å². The van der Waals surface area contributed by atoms with Crippen molar-refractivity contribution in [2.24, 2.45) is 0 Å². The van der Waals surface area contributed by atoms with Crippen molar-refractivity contribution in [1.29, 1.82) is 0 Å². The van der Waals surface area contributed by atoms with Crippen LogP contribution in [0.25, 0.3) is 0 Å². The number of Topliss-reactive ketones (excluding diaryl/α,β-unsaturated/α-hetero) is 1. The van der Waals surface area contributed by atoms with Gasteiger partial charge in [0, 0.05) is 12.5 Å². The molecule has 0 aliphatic heterocycles. The number of carbonyl (C=O) groups is 3. The van der Waals surface area contributed by atoms with E-state index in [-0.39, 0.29) is 6.42 Å². The highest BCUT2D eigenvalue weighted by molar-refractivity contribution is 6.32. The van der Waals surface area contributed by atoms with E-state index in [1.54, 1.807) is 0 Å². The minimum absolute atomic E-state index is 0.0563. The standard InChI is InChI=1S/C8H10O5/c9-6(8(12)13)4-2-1-3-5-7(10)11/h3,5H,1-2,4H2,(H,10,11)(H,12,13). The van der Waals surface area contributed by atoms with Crippen LogP contribution in [0.5, 0.6) is 0 Å². The van der Waals surface area contributed by atoms with Crippen LogP contribution in [0.15, 0.2) is 12.2 Å². The second-order valence-corrected chi connectivity index (χ2v) is 2.36. The normalized spacial score (nSPS) is 10.2. The summed E-state index contributed by atoms with van der Waals surface area (Å²) in [4.78, 5) is 30.5. The van der Waals surface area contributed by atoms with Crippen LogP contribution in [0.4, 0.5) is 0 Å². The molecule has 0 saturated carbocycles. The van der Waals surface area contributed by atoms with Crippen LogP contribution in [0.1, 0.15) is 19.3 Å². The van der Waals surface area contributed by atoms with Crippen molar-refractivity contribution in [2.45, 2.75) is 19.3 Å². The molecule has 0 aromatic rings. The van der Waals surface area contributed by atoms with Gasteiger partial charge in [-0.25, -0.2) is 9.59 Å². The largest absolute Gasteiger partial charge is 0.478 e. The number of aliphatic carboxylic acids is 2. The van der Waals surface area contributed by atoms with Crippen LogP contribution >= 0.6 is 0 Å². The molecule has 72 valence electrons. The first-order valence-electron chi connectivity index (χ1n) is 3.69. The number of ketones is 1. The van der Waals surface area contributed by atoms with Crippen LogP contribution in [-0.2, 0) is 14.4 Å². The monoisotopic (exact) mass is 186 g/mol. The predicted octanol–water partition coefficient (Wildman–Crippen LogP) is 0.451. The van der Waals surface area contributed by atoms with Gasteiger partial charge in [0.05, 0.1) is 0 Å². The lowest BCUT2D eigenvalue weighted by Crippen LogP contribution is -2.11. The van der Waals surface area contributed by atoms with E-state index >= 15 is 0 Å². The maximum absolute atomic E-state index is 10.5. The number of carboxylic acid groups (broad SMARTS) is 2. The molecule has 2 N–H and O–H groups in total. The minimum Gasteiger partial charge on any atom is -0.478 e. The Morgan fingerprint density at radius 3 is 2.23 bits per heavy atom. The van der Waals surface area contributed by atoms with E-state index in [1.165, 1.54) is 6.08 Å². The van der Waals surface area contributed by atoms with E-state index < -0.39 is 17.7 Å². The van der Waals surface area contributed by atoms with Gasteiger partial charge in [0.2, 0.25) is 5.78 Å². The van der Waals surface area contributed by atoms with Crippen LogP contribution in [0, 0.1) is 0 Å². The average molecular weight is 186 g/mol. The maximum atomic E-state index is 10.5. The van der Waals surface area contributed by atoms with Gasteiger partial charge < -0.3 is 10.2 Å². The highest BCUT2D eigenvalue weighted by atomic mass is 16.4. The molecule has 5 heteroatoms. The Bertz CT molecular complexity index is 241. The zero-order valence-corrected chi connectivity index (χ0v) is 6.90. The number of carbonyl (C=O) groups excluding carboxylic acids is 1. The first-order valence-corrected chi connectivity index (χ1v) is 3.69. The van der Waals surface area contributed by atoms with Crippen LogP contribution in [-0.4, -0.2) is 27.9 Å². The molecule has 0 aromatic heterocycles. The molecular formula is C8H10O5. The second-order valence-electron chi connectivity index (χ2n) is 2.36. The number of hydrogen-bond donors (Lipinski definition) is 2. The highest BCUT2D eigenvalue weighted by Crippen LogP contribution is 1.97. The molecule has 0 heterocycles. The fourth-order valence-electron chi connectivity index (χ4n) is 0.672. The zero-order chi connectivity index (χ0) is 10.3. The number of carboxylic acids is 2. The van der Waals surface area contributed by atoms with Gasteiger partial charge in [-0.3, -0.25) is 4.79 Å². The van der Waals surface area contributed by atoms with Crippen LogP contribution in [0.2, 0.25) is 0 Å². The van der Waals surface area contributed by atoms with Gasteiger partial charge in [-0.15, -0.1) is 0 Å². The molecule has 0 radical (unpaired) electrons. The molecule has 0 saturated heterocycles. The van der Waals surface area contributed by atoms with Crippen molar-refractivity contribution in [2.75, 3.05) is 0 Å². The van der Waals surface area contributed by atoms with Crippen molar-refractivity contribution >= 4 is 17.7 Å². The van der Waals surface area contributed by atoms with E-state index in [4.69, 9.17) is 10.2 Å². The van der Waals surface area contributed by atoms with Gasteiger partial charge in [-0.05, 0) is 12.8 Å². The van der Waals surface area contributed by atoms with Crippen molar-refractivity contribution < 1.29 is 24.6 Å². The smallest absolute Gasteiger partial charge is 0.372 e. The summed E-state index contributed by atoms with van der Waals surface area (Å²) in [6.45, 7) is 0. The van der Waals surface area contributed by atoms with E-state index in [0.29, 0.717) is 12.8 Å². The Kier molecular flexibility index (Phi) is 5.18. The van der Waals surface area contributed by atoms with E-state index in [1.807, 2.05) is 0 Å². The van der Waals surface area contributed by atoms with Gasteiger partial charge in [0.15, 0.2) is 0 Å². The fraction of sp³-hybridized carbons (Fsp3) is 0.375. The molecule has 0 unspecified atom stereocenters. The third kappa shape index (κ3) is 6.74. The van der Waals surface area contributed by atoms with Gasteiger partial charge in [-0.2, -0.15) is 0 Å². The summed E-state index contributed by atoms with van der Waals surface area (Å²) in [5, 5.41) is 16.3. The first-order chi connectivity index (χ1) is 6.04. The molecule has 0 rings (SSSR count). The first kappa shape index (κ1) is 11.4. The van der Waals surface area contributed by atoms with E-state index in [0.717, 1.165) is 6.08 Å². The summed E-state index contributed by atoms with van der Waals surface area (Å²) >= 11 is 0. The summed E-state index contributed by atoms with van der Waals surface area (Å²) < 4.78 is 0. The van der Waals surface area contributed by atoms with Crippen molar-refractivity contribution in [1.82, 2.24) is 0 Å². The Hall–Kier alpha value is -1.65. The average Bonchev–Trinajstić information content (AvgIpc) is 2.02. The number of rotatable bonds is 6. The molecule has 0 fully saturated rings. The maximum Gasteiger partial charge on any atom is 0.372 e. The lowest BCUT2D eigenvalue weighted by atomic mass is 10.2. The van der Waals surface area contributed by atoms with Crippen molar-refractivity contribution in [3.05, 3.63) is 12.2 Å². The highest BCUT2D eigenvalue weighted by Gasteiger charge is 2.09. The fourth-order valence-corrected chi connectivity index (χ4v) is 0.672. The summed E-state index contributed by atoms with van der Waals surface area (Å²) in [5.74, 6) is -3.34. The molecule has 0 spiro atoms. The number of hydrogen-bond acceptors (Lipinski definition) is 3. The van der Waals surface area contributed by atoms with E-state index in [2.05, 4.69) is 0 Å². The molecule has 0 atom stereocenters. The Morgan fingerprint density at radius 2 is 1.77 bits per heavy atom. The Morgan fingerprint density at radius 1 is 1.15 bits per heavy atom. The molecule has 0 aliphatic rings. The van der Waals surface area contributed by atoms with Crippen LogP contribution in [0.3, 0.4) is 0 Å². The molecule has 0 bridgehead atoms. The lowest BCUT2D eigenvalue weighted by molar-refractivity contribution is -0.149. The molecular weight excluding hydrogens is 176 g/mol. The molecule has 0 aliphatic carbocycles. The summed E-state index contributed by atoms with van der Waals surface area (Å²) in [5.41, 5.74) is 0. The van der Waals surface area contributed by atoms with Gasteiger partial charge >= 0.3 is 11.9 Å². The lowest BCUT2D eigenvalue weighted by Gasteiger charge is -1.91. The van der Waals surface area contributed by atoms with Gasteiger partial charge in [0.1, 0.15) is 0 Å². The summed E-state index contributed by atoms with van der Waals surface area (Å²) in [6.07, 6.45) is 3.04. The third-order valence-corrected chi connectivity index (χ3v) is 1.27. The predicted molar refractivity (Wildman–Crippen MR) is 43.3 cm³/mol. The topological polar surface area (TPSA) is 91.7 Å². The molecule has 13 heavy (non-hydrogen) atoms. The number of unbranched alkanes of at least 4 members (excludes halogenated alkanes) is 1. The quantitative estimate of drug-likeness (QED) is 0.357. The van der Waals surface area contributed by atoms with Gasteiger partial charge in [-0.1, -0.05) is 6.08 Å². The second kappa shape index (κ2) is 5.93. The summed E-state index contributed by atoms with van der Waals surface area (Å²) in [7, 11) is 0. The van der Waals surface area contributed by atoms with Crippen molar-refractivity contribution in [3.63, 3.8) is 0 Å². The third-order valence-electron chi connectivity index (χ3n) is 1.27. The molecule has 0 amide bonds. The number of allylic oxidation sites excluding steroid dienone is 1. The Balaban J connectivity index is 3.52. The zero-order valence-electron chi connectivity index (χ0n) is 6.90. The molecule has 0 aromatic carbocycles. The SMILES string of the molecule is O=C(O)C=CCCCC(=O)C(=O)O. The summed E-state index contributed by atoms with van der Waals surface area (Å²) in [6, 6.07) is 0. The molecule has 5 nitrogen and oxygen atoms in total. The van der Waals surface area contributed by atoms with Crippen LogP contribution < -0.4 is 0 Å². The van der Waals surface area contributed by atoms with E-state index in [9.17, 15) is 14.4 Å². The Labute approximate surface area is 74.7 Å². The minimum atomic E-state index is -1.44.